The Morgan fingerprint density at radius 3 is 2.74 bits per heavy atom. The Hall–Kier alpha value is -1.09. The van der Waals surface area contributed by atoms with Gasteiger partial charge in [-0.2, -0.15) is 0 Å². The first-order valence-electron chi connectivity index (χ1n) is 7.36. The zero-order valence-electron chi connectivity index (χ0n) is 11.9. The van der Waals surface area contributed by atoms with Crippen LogP contribution >= 0.6 is 12.2 Å². The van der Waals surface area contributed by atoms with Crippen LogP contribution in [0.2, 0.25) is 0 Å². The van der Waals surface area contributed by atoms with Crippen LogP contribution in [0.15, 0.2) is 24.3 Å². The fourth-order valence-corrected chi connectivity index (χ4v) is 3.07. The van der Waals surface area contributed by atoms with Gasteiger partial charge in [0.1, 0.15) is 0 Å². The lowest BCUT2D eigenvalue weighted by Gasteiger charge is -2.30. The first-order chi connectivity index (χ1) is 9.20. The zero-order valence-corrected chi connectivity index (χ0v) is 12.7. The first kappa shape index (κ1) is 14.3. The van der Waals surface area contributed by atoms with Crippen molar-refractivity contribution in [3.63, 3.8) is 0 Å². The molecule has 2 nitrogen and oxygen atoms in total. The molecular formula is C16H24N2S. The predicted molar refractivity (Wildman–Crippen MR) is 86.6 cm³/mol. The summed E-state index contributed by atoms with van der Waals surface area (Å²) in [6.07, 6.45) is 6.24. The highest BCUT2D eigenvalue weighted by Crippen LogP contribution is 2.24. The molecule has 2 atom stereocenters. The summed E-state index contributed by atoms with van der Waals surface area (Å²) in [4.78, 5) is 0. The minimum Gasteiger partial charge on any atom is -0.359 e. The average Bonchev–Trinajstić information content (AvgIpc) is 2.42. The van der Waals surface area contributed by atoms with Gasteiger partial charge in [-0.25, -0.2) is 0 Å². The van der Waals surface area contributed by atoms with E-state index in [4.69, 9.17) is 12.2 Å². The van der Waals surface area contributed by atoms with Crippen molar-refractivity contribution in [2.75, 3.05) is 5.32 Å². The van der Waals surface area contributed by atoms with E-state index in [-0.39, 0.29) is 0 Å². The van der Waals surface area contributed by atoms with Gasteiger partial charge in [0, 0.05) is 11.7 Å². The molecule has 1 aliphatic carbocycles. The van der Waals surface area contributed by atoms with Gasteiger partial charge in [-0.3, -0.25) is 0 Å². The molecule has 19 heavy (non-hydrogen) atoms. The highest BCUT2D eigenvalue weighted by Gasteiger charge is 2.21. The van der Waals surface area contributed by atoms with Gasteiger partial charge in [0.2, 0.25) is 0 Å². The largest absolute Gasteiger partial charge is 0.359 e. The molecular weight excluding hydrogens is 252 g/mol. The molecule has 0 spiro atoms. The van der Waals surface area contributed by atoms with Crippen molar-refractivity contribution in [2.45, 2.75) is 52.0 Å². The number of thiocarbonyl (C=S) groups is 1. The lowest BCUT2D eigenvalue weighted by Crippen LogP contribution is -2.43. The van der Waals surface area contributed by atoms with E-state index in [1.54, 1.807) is 0 Å². The summed E-state index contributed by atoms with van der Waals surface area (Å²) >= 11 is 5.46. The Bertz CT molecular complexity index is 431. The number of benzene rings is 1. The molecule has 1 fully saturated rings. The van der Waals surface area contributed by atoms with Crippen molar-refractivity contribution >= 4 is 23.0 Å². The molecule has 0 bridgehead atoms. The maximum Gasteiger partial charge on any atom is 0.171 e. The fraction of sp³-hybridized carbons (Fsp3) is 0.562. The number of hydrogen-bond acceptors (Lipinski definition) is 1. The standard InChI is InChI=1S/C16H24N2S/c1-3-13-9-5-7-11-15(13)18-16(19)17-14-10-6-4-8-12(14)2/h5,7,9,11-12,14H,3-4,6,8,10H2,1-2H3,(H2,17,18,19)/t12-,14+/m1/s1. The summed E-state index contributed by atoms with van der Waals surface area (Å²) in [7, 11) is 0. The maximum absolute atomic E-state index is 5.46. The lowest BCUT2D eigenvalue weighted by molar-refractivity contribution is 0.309. The molecule has 1 aromatic rings. The SMILES string of the molecule is CCc1ccccc1NC(=S)N[C@H]1CCCC[C@H]1C. The van der Waals surface area contributed by atoms with Crippen molar-refractivity contribution in [3.8, 4) is 0 Å². The number of nitrogens with one attached hydrogen (secondary N) is 2. The molecule has 0 heterocycles. The highest BCUT2D eigenvalue weighted by atomic mass is 32.1. The normalized spacial score (nSPS) is 22.8. The quantitative estimate of drug-likeness (QED) is 0.812. The van der Waals surface area contributed by atoms with Gasteiger partial charge < -0.3 is 10.6 Å². The summed E-state index contributed by atoms with van der Waals surface area (Å²) < 4.78 is 0. The highest BCUT2D eigenvalue weighted by molar-refractivity contribution is 7.80. The summed E-state index contributed by atoms with van der Waals surface area (Å²) in [6.45, 7) is 4.49. The number of anilines is 1. The zero-order chi connectivity index (χ0) is 13.7. The molecule has 0 aromatic heterocycles. The van der Waals surface area contributed by atoms with Crippen molar-refractivity contribution in [2.24, 2.45) is 5.92 Å². The third-order valence-electron chi connectivity index (χ3n) is 4.07. The van der Waals surface area contributed by atoms with Crippen LogP contribution in [0.1, 0.15) is 45.1 Å². The second-order valence-electron chi connectivity index (χ2n) is 5.48. The van der Waals surface area contributed by atoms with E-state index in [9.17, 15) is 0 Å². The third-order valence-corrected chi connectivity index (χ3v) is 4.29. The summed E-state index contributed by atoms with van der Waals surface area (Å²) in [5, 5.41) is 7.60. The van der Waals surface area contributed by atoms with Crippen molar-refractivity contribution < 1.29 is 0 Å². The topological polar surface area (TPSA) is 24.1 Å². The van der Waals surface area contributed by atoms with E-state index >= 15 is 0 Å². The van der Waals surface area contributed by atoms with Crippen LogP contribution in [-0.2, 0) is 6.42 Å². The average molecular weight is 276 g/mol. The van der Waals surface area contributed by atoms with Crippen LogP contribution in [0.25, 0.3) is 0 Å². The van der Waals surface area contributed by atoms with E-state index in [0.717, 1.165) is 23.1 Å². The molecule has 0 saturated heterocycles. The predicted octanol–water partition coefficient (Wildman–Crippen LogP) is 4.11. The lowest BCUT2D eigenvalue weighted by atomic mass is 9.86. The molecule has 2 rings (SSSR count). The van der Waals surface area contributed by atoms with Gasteiger partial charge >= 0.3 is 0 Å². The van der Waals surface area contributed by atoms with Crippen molar-refractivity contribution in [1.29, 1.82) is 0 Å². The molecule has 0 amide bonds. The summed E-state index contributed by atoms with van der Waals surface area (Å²) in [5.41, 5.74) is 2.44. The number of para-hydroxylation sites is 1. The third kappa shape index (κ3) is 3.93. The van der Waals surface area contributed by atoms with Gasteiger partial charge in [-0.15, -0.1) is 0 Å². The molecule has 1 aliphatic rings. The Morgan fingerprint density at radius 2 is 2.00 bits per heavy atom. The molecule has 3 heteroatoms. The van der Waals surface area contributed by atoms with E-state index in [2.05, 4.69) is 42.7 Å². The van der Waals surface area contributed by atoms with E-state index < -0.39 is 0 Å². The number of aryl methyl sites for hydroxylation is 1. The van der Waals surface area contributed by atoms with Crippen LogP contribution in [0.3, 0.4) is 0 Å². The monoisotopic (exact) mass is 276 g/mol. The van der Waals surface area contributed by atoms with Crippen molar-refractivity contribution in [1.82, 2.24) is 5.32 Å². The Morgan fingerprint density at radius 1 is 1.26 bits per heavy atom. The van der Waals surface area contributed by atoms with Crippen LogP contribution in [0.4, 0.5) is 5.69 Å². The maximum atomic E-state index is 5.46. The van der Waals surface area contributed by atoms with Crippen LogP contribution in [0, 0.1) is 5.92 Å². The van der Waals surface area contributed by atoms with Crippen LogP contribution in [0.5, 0.6) is 0 Å². The molecule has 1 aromatic carbocycles. The molecule has 2 N–H and O–H groups in total. The van der Waals surface area contributed by atoms with E-state index in [1.165, 1.54) is 31.2 Å². The second kappa shape index (κ2) is 6.90. The van der Waals surface area contributed by atoms with Gasteiger partial charge in [0.05, 0.1) is 0 Å². The number of hydrogen-bond donors (Lipinski definition) is 2. The van der Waals surface area contributed by atoms with Gasteiger partial charge in [0.15, 0.2) is 5.11 Å². The molecule has 0 aliphatic heterocycles. The van der Waals surface area contributed by atoms with E-state index in [1.807, 2.05) is 6.07 Å². The Kier molecular flexibility index (Phi) is 5.20. The summed E-state index contributed by atoms with van der Waals surface area (Å²) in [6, 6.07) is 8.89. The minimum atomic E-state index is 0.530. The molecule has 104 valence electrons. The first-order valence-corrected chi connectivity index (χ1v) is 7.77. The van der Waals surface area contributed by atoms with Crippen LogP contribution < -0.4 is 10.6 Å². The Labute approximate surface area is 122 Å². The Balaban J connectivity index is 1.93. The molecule has 0 radical (unpaired) electrons. The van der Waals surface area contributed by atoms with Crippen LogP contribution in [-0.4, -0.2) is 11.2 Å². The fourth-order valence-electron chi connectivity index (χ4n) is 2.81. The van der Waals surface area contributed by atoms with Gasteiger partial charge in [-0.1, -0.05) is 44.9 Å². The van der Waals surface area contributed by atoms with Crippen molar-refractivity contribution in [3.05, 3.63) is 29.8 Å². The smallest absolute Gasteiger partial charge is 0.171 e. The summed E-state index contributed by atoms with van der Waals surface area (Å²) in [5.74, 6) is 0.718. The molecule has 0 unspecified atom stereocenters. The minimum absolute atomic E-state index is 0.530. The molecule has 1 saturated carbocycles. The van der Waals surface area contributed by atoms with E-state index in [0.29, 0.717) is 6.04 Å². The van der Waals surface area contributed by atoms with Gasteiger partial charge in [0.25, 0.3) is 0 Å². The number of rotatable bonds is 3. The van der Waals surface area contributed by atoms with Gasteiger partial charge in [-0.05, 0) is 49.0 Å². The second-order valence-corrected chi connectivity index (χ2v) is 5.89.